The molecule has 19 heavy (non-hydrogen) atoms. The summed E-state index contributed by atoms with van der Waals surface area (Å²) in [6.07, 6.45) is -0.375. The average molecular weight is 279 g/mol. The summed E-state index contributed by atoms with van der Waals surface area (Å²) in [5, 5.41) is 10.8. The van der Waals surface area contributed by atoms with Crippen LogP contribution in [-0.4, -0.2) is 5.11 Å². The lowest BCUT2D eigenvalue weighted by Crippen LogP contribution is -2.04. The fourth-order valence-electron chi connectivity index (χ4n) is 2.08. The number of halogens is 2. The Morgan fingerprint density at radius 3 is 2.58 bits per heavy atom. The van der Waals surface area contributed by atoms with Crippen LogP contribution >= 0.6 is 11.6 Å². The van der Waals surface area contributed by atoms with Crippen molar-refractivity contribution in [1.29, 1.82) is 0 Å². The Morgan fingerprint density at radius 2 is 1.89 bits per heavy atom. The Labute approximate surface area is 117 Å². The van der Waals surface area contributed by atoms with Crippen LogP contribution in [0.3, 0.4) is 0 Å². The standard InChI is InChI=1S/C16H16ClFO/c1-10-3-6-14(15(17)7-10)16(19)9-12-8-13(18)5-4-11(12)2/h3-8,16,19H,9H2,1-2H3. The zero-order chi connectivity index (χ0) is 14.0. The highest BCUT2D eigenvalue weighted by atomic mass is 35.5. The van der Waals surface area contributed by atoms with Crippen molar-refractivity contribution < 1.29 is 9.50 Å². The van der Waals surface area contributed by atoms with E-state index in [1.165, 1.54) is 12.1 Å². The van der Waals surface area contributed by atoms with Crippen molar-refractivity contribution in [3.63, 3.8) is 0 Å². The first-order valence-electron chi connectivity index (χ1n) is 6.16. The highest BCUT2D eigenvalue weighted by Crippen LogP contribution is 2.27. The largest absolute Gasteiger partial charge is 0.388 e. The van der Waals surface area contributed by atoms with Crippen molar-refractivity contribution in [2.75, 3.05) is 0 Å². The summed E-state index contributed by atoms with van der Waals surface area (Å²) in [5.41, 5.74) is 3.48. The van der Waals surface area contributed by atoms with Gasteiger partial charge in [0.2, 0.25) is 0 Å². The second-order valence-electron chi connectivity index (χ2n) is 4.82. The van der Waals surface area contributed by atoms with Crippen molar-refractivity contribution in [1.82, 2.24) is 0 Å². The fraction of sp³-hybridized carbons (Fsp3) is 0.250. The highest BCUT2D eigenvalue weighted by molar-refractivity contribution is 6.31. The minimum Gasteiger partial charge on any atom is -0.388 e. The number of hydrogen-bond donors (Lipinski definition) is 1. The molecule has 0 aliphatic carbocycles. The van der Waals surface area contributed by atoms with Crippen LogP contribution in [0, 0.1) is 19.7 Å². The molecule has 0 spiro atoms. The van der Waals surface area contributed by atoms with Gasteiger partial charge in [-0.25, -0.2) is 4.39 Å². The van der Waals surface area contributed by atoms with Gasteiger partial charge in [-0.05, 0) is 54.3 Å². The van der Waals surface area contributed by atoms with Crippen LogP contribution in [0.1, 0.15) is 28.4 Å². The van der Waals surface area contributed by atoms with E-state index in [1.54, 1.807) is 6.07 Å². The van der Waals surface area contributed by atoms with E-state index < -0.39 is 6.10 Å². The first-order valence-corrected chi connectivity index (χ1v) is 6.54. The Hall–Kier alpha value is -1.38. The van der Waals surface area contributed by atoms with Crippen molar-refractivity contribution >= 4 is 11.6 Å². The Balaban J connectivity index is 2.25. The molecule has 0 radical (unpaired) electrons. The molecule has 1 atom stereocenters. The van der Waals surface area contributed by atoms with E-state index in [0.717, 1.165) is 16.7 Å². The SMILES string of the molecule is Cc1ccc(C(O)Cc2cc(F)ccc2C)c(Cl)c1. The fourth-order valence-corrected chi connectivity index (χ4v) is 2.44. The molecule has 0 heterocycles. The average Bonchev–Trinajstić information content (AvgIpc) is 2.33. The van der Waals surface area contributed by atoms with Crippen LogP contribution in [0.4, 0.5) is 4.39 Å². The number of aryl methyl sites for hydroxylation is 2. The summed E-state index contributed by atoms with van der Waals surface area (Å²) in [7, 11) is 0. The van der Waals surface area contributed by atoms with Crippen LogP contribution in [0.15, 0.2) is 36.4 Å². The van der Waals surface area contributed by atoms with Crippen molar-refractivity contribution in [3.05, 3.63) is 69.5 Å². The molecule has 100 valence electrons. The lowest BCUT2D eigenvalue weighted by molar-refractivity contribution is 0.178. The normalized spacial score (nSPS) is 12.5. The third kappa shape index (κ3) is 3.34. The third-order valence-electron chi connectivity index (χ3n) is 3.24. The van der Waals surface area contributed by atoms with Gasteiger partial charge >= 0.3 is 0 Å². The van der Waals surface area contributed by atoms with Gasteiger partial charge < -0.3 is 5.11 Å². The number of hydrogen-bond acceptors (Lipinski definition) is 1. The molecule has 3 heteroatoms. The van der Waals surface area contributed by atoms with Gasteiger partial charge in [-0.2, -0.15) is 0 Å². The zero-order valence-electron chi connectivity index (χ0n) is 11.0. The lowest BCUT2D eigenvalue weighted by atomic mass is 9.97. The van der Waals surface area contributed by atoms with E-state index in [1.807, 2.05) is 32.0 Å². The molecule has 0 bridgehead atoms. The van der Waals surface area contributed by atoms with Gasteiger partial charge in [-0.1, -0.05) is 29.8 Å². The minimum absolute atomic E-state index is 0.289. The van der Waals surface area contributed by atoms with Gasteiger partial charge in [0.25, 0.3) is 0 Å². The minimum atomic E-state index is -0.728. The molecule has 0 fully saturated rings. The molecule has 0 saturated carbocycles. The molecule has 0 amide bonds. The second-order valence-corrected chi connectivity index (χ2v) is 5.22. The van der Waals surface area contributed by atoms with Crippen molar-refractivity contribution in [2.24, 2.45) is 0 Å². The third-order valence-corrected chi connectivity index (χ3v) is 3.57. The molecule has 1 N–H and O–H groups in total. The number of aliphatic hydroxyl groups excluding tert-OH is 1. The monoisotopic (exact) mass is 278 g/mol. The molecule has 0 saturated heterocycles. The van der Waals surface area contributed by atoms with Crippen LogP contribution in [0.5, 0.6) is 0 Å². The predicted molar refractivity (Wildman–Crippen MR) is 76.0 cm³/mol. The molecule has 0 aromatic heterocycles. The van der Waals surface area contributed by atoms with Gasteiger partial charge in [0.15, 0.2) is 0 Å². The van der Waals surface area contributed by atoms with Crippen LogP contribution in [-0.2, 0) is 6.42 Å². The molecular formula is C16H16ClFO. The Morgan fingerprint density at radius 1 is 1.16 bits per heavy atom. The van der Waals surface area contributed by atoms with E-state index in [0.29, 0.717) is 17.0 Å². The molecule has 2 rings (SSSR count). The maximum atomic E-state index is 13.2. The smallest absolute Gasteiger partial charge is 0.123 e. The van der Waals surface area contributed by atoms with E-state index in [2.05, 4.69) is 0 Å². The first-order chi connectivity index (χ1) is 8.97. The molecule has 1 nitrogen and oxygen atoms in total. The maximum Gasteiger partial charge on any atom is 0.123 e. The lowest BCUT2D eigenvalue weighted by Gasteiger charge is -2.15. The zero-order valence-corrected chi connectivity index (χ0v) is 11.7. The van der Waals surface area contributed by atoms with Crippen LogP contribution < -0.4 is 0 Å². The summed E-state index contributed by atoms with van der Waals surface area (Å²) in [6.45, 7) is 3.84. The molecule has 0 aliphatic rings. The van der Waals surface area contributed by atoms with Gasteiger partial charge in [-0.15, -0.1) is 0 Å². The molecule has 2 aromatic rings. The summed E-state index contributed by atoms with van der Waals surface area (Å²) >= 11 is 6.13. The van der Waals surface area contributed by atoms with Gasteiger partial charge in [-0.3, -0.25) is 0 Å². The van der Waals surface area contributed by atoms with E-state index >= 15 is 0 Å². The molecular weight excluding hydrogens is 263 g/mol. The van der Waals surface area contributed by atoms with Gasteiger partial charge in [0, 0.05) is 11.4 Å². The summed E-state index contributed by atoms with van der Waals surface area (Å²) in [6, 6.07) is 10.1. The molecule has 0 aliphatic heterocycles. The maximum absolute atomic E-state index is 13.2. The summed E-state index contributed by atoms with van der Waals surface area (Å²) in [5.74, 6) is -0.289. The van der Waals surface area contributed by atoms with Gasteiger partial charge in [0.05, 0.1) is 6.10 Å². The predicted octanol–water partition coefficient (Wildman–Crippen LogP) is 4.37. The van der Waals surface area contributed by atoms with Crippen LogP contribution in [0.25, 0.3) is 0 Å². The van der Waals surface area contributed by atoms with Crippen LogP contribution in [0.2, 0.25) is 5.02 Å². The summed E-state index contributed by atoms with van der Waals surface area (Å²) < 4.78 is 13.2. The Kier molecular flexibility index (Phi) is 4.23. The highest BCUT2D eigenvalue weighted by Gasteiger charge is 2.14. The van der Waals surface area contributed by atoms with Crippen molar-refractivity contribution in [3.8, 4) is 0 Å². The Bertz CT molecular complexity index is 595. The quantitative estimate of drug-likeness (QED) is 0.884. The summed E-state index contributed by atoms with van der Waals surface area (Å²) in [4.78, 5) is 0. The van der Waals surface area contributed by atoms with E-state index in [9.17, 15) is 9.50 Å². The van der Waals surface area contributed by atoms with Gasteiger partial charge in [0.1, 0.15) is 5.82 Å². The van der Waals surface area contributed by atoms with E-state index in [4.69, 9.17) is 11.6 Å². The molecule has 2 aromatic carbocycles. The number of benzene rings is 2. The first kappa shape index (κ1) is 14.0. The van der Waals surface area contributed by atoms with E-state index in [-0.39, 0.29) is 5.82 Å². The second kappa shape index (κ2) is 5.72. The number of rotatable bonds is 3. The number of aliphatic hydroxyl groups is 1. The topological polar surface area (TPSA) is 20.2 Å². The van der Waals surface area contributed by atoms with Crippen molar-refractivity contribution in [2.45, 2.75) is 26.4 Å². The molecule has 1 unspecified atom stereocenters.